The van der Waals surface area contributed by atoms with E-state index in [0.717, 1.165) is 17.0 Å². The molecule has 0 amide bonds. The molecule has 1 aromatic carbocycles. The minimum atomic E-state index is -0.248. The molecule has 0 atom stereocenters. The van der Waals surface area contributed by atoms with Crippen LogP contribution in [0.3, 0.4) is 0 Å². The van der Waals surface area contributed by atoms with Gasteiger partial charge in [0.2, 0.25) is 11.9 Å². The highest BCUT2D eigenvalue weighted by Crippen LogP contribution is 2.05. The summed E-state index contributed by atoms with van der Waals surface area (Å²) in [5, 5.41) is 9.28. The van der Waals surface area contributed by atoms with E-state index >= 15 is 0 Å². The number of aryl methyl sites for hydroxylation is 2. The van der Waals surface area contributed by atoms with E-state index in [1.165, 1.54) is 12.1 Å². The standard InChI is InChI=1S/C17H21FN6S/c1-11-10-12(2)22-16(21-11)23-15(24-17(25)19-3)20-9-8-13-4-6-14(18)7-5-13/h4-7,10H,8-9H2,1-3H3,(H3,19,20,21,22,23,24,25). The predicted molar refractivity (Wildman–Crippen MR) is 102 cm³/mol. The second-order valence-corrected chi connectivity index (χ2v) is 5.82. The average Bonchev–Trinajstić information content (AvgIpc) is 2.55. The van der Waals surface area contributed by atoms with Gasteiger partial charge in [-0.15, -0.1) is 0 Å². The first-order valence-corrected chi connectivity index (χ1v) is 8.24. The fraction of sp³-hybridized carbons (Fsp3) is 0.294. The smallest absolute Gasteiger partial charge is 0.229 e. The van der Waals surface area contributed by atoms with Crippen molar-refractivity contribution in [2.75, 3.05) is 18.9 Å². The van der Waals surface area contributed by atoms with Gasteiger partial charge in [-0.05, 0) is 56.2 Å². The number of aliphatic imine (C=N–C) groups is 1. The van der Waals surface area contributed by atoms with E-state index in [1.807, 2.05) is 19.9 Å². The molecule has 0 aliphatic rings. The van der Waals surface area contributed by atoms with Gasteiger partial charge in [-0.25, -0.2) is 14.4 Å². The van der Waals surface area contributed by atoms with Crippen LogP contribution in [0.5, 0.6) is 0 Å². The lowest BCUT2D eigenvalue weighted by Gasteiger charge is -2.12. The maximum Gasteiger partial charge on any atom is 0.229 e. The summed E-state index contributed by atoms with van der Waals surface area (Å²) in [4.78, 5) is 13.1. The zero-order valence-electron chi connectivity index (χ0n) is 14.4. The van der Waals surface area contributed by atoms with Gasteiger partial charge in [-0.2, -0.15) is 0 Å². The van der Waals surface area contributed by atoms with Crippen LogP contribution >= 0.6 is 12.2 Å². The summed E-state index contributed by atoms with van der Waals surface area (Å²) in [7, 11) is 1.72. The molecule has 0 bridgehead atoms. The van der Waals surface area contributed by atoms with Gasteiger partial charge >= 0.3 is 0 Å². The summed E-state index contributed by atoms with van der Waals surface area (Å²) < 4.78 is 12.9. The molecule has 0 unspecified atom stereocenters. The van der Waals surface area contributed by atoms with Crippen LogP contribution in [0.4, 0.5) is 10.3 Å². The van der Waals surface area contributed by atoms with Crippen molar-refractivity contribution in [3.8, 4) is 0 Å². The molecule has 132 valence electrons. The van der Waals surface area contributed by atoms with E-state index in [2.05, 4.69) is 30.9 Å². The van der Waals surface area contributed by atoms with E-state index in [1.54, 1.807) is 19.2 Å². The maximum absolute atomic E-state index is 12.9. The van der Waals surface area contributed by atoms with Crippen molar-refractivity contribution < 1.29 is 4.39 Å². The minimum Gasteiger partial charge on any atom is -0.365 e. The molecular formula is C17H21FN6S. The van der Waals surface area contributed by atoms with Crippen LogP contribution in [-0.2, 0) is 6.42 Å². The van der Waals surface area contributed by atoms with Crippen molar-refractivity contribution >= 4 is 29.2 Å². The lowest BCUT2D eigenvalue weighted by molar-refractivity contribution is 0.627. The second kappa shape index (κ2) is 9.03. The fourth-order valence-corrected chi connectivity index (χ4v) is 2.21. The number of benzene rings is 1. The fourth-order valence-electron chi connectivity index (χ4n) is 2.12. The number of anilines is 1. The van der Waals surface area contributed by atoms with E-state index in [9.17, 15) is 4.39 Å². The average molecular weight is 360 g/mol. The molecule has 8 heteroatoms. The number of rotatable bonds is 4. The molecule has 3 N–H and O–H groups in total. The van der Waals surface area contributed by atoms with E-state index in [0.29, 0.717) is 30.0 Å². The molecule has 0 aliphatic heterocycles. The third-order valence-electron chi connectivity index (χ3n) is 3.26. The molecule has 1 heterocycles. The Kier molecular flexibility index (Phi) is 6.76. The minimum absolute atomic E-state index is 0.248. The van der Waals surface area contributed by atoms with Gasteiger partial charge in [0.25, 0.3) is 0 Å². The van der Waals surface area contributed by atoms with Gasteiger partial charge in [0.15, 0.2) is 5.11 Å². The van der Waals surface area contributed by atoms with Crippen molar-refractivity contribution in [2.45, 2.75) is 20.3 Å². The predicted octanol–water partition coefficient (Wildman–Crippen LogP) is 2.34. The van der Waals surface area contributed by atoms with Crippen molar-refractivity contribution in [3.05, 3.63) is 53.1 Å². The molecule has 25 heavy (non-hydrogen) atoms. The topological polar surface area (TPSA) is 74.2 Å². The SMILES string of the molecule is CNC(=S)NC(=NCCc1ccc(F)cc1)Nc1nc(C)cc(C)n1. The molecule has 2 aromatic rings. The zero-order chi connectivity index (χ0) is 18.2. The number of guanidine groups is 1. The van der Waals surface area contributed by atoms with Crippen molar-refractivity contribution in [1.82, 2.24) is 20.6 Å². The quantitative estimate of drug-likeness (QED) is 0.442. The van der Waals surface area contributed by atoms with Crippen LogP contribution < -0.4 is 16.0 Å². The lowest BCUT2D eigenvalue weighted by Crippen LogP contribution is -2.41. The number of thiocarbonyl (C=S) groups is 1. The highest BCUT2D eigenvalue weighted by atomic mass is 32.1. The molecule has 1 aromatic heterocycles. The van der Waals surface area contributed by atoms with Gasteiger partial charge in [0, 0.05) is 25.0 Å². The van der Waals surface area contributed by atoms with Crippen molar-refractivity contribution in [2.24, 2.45) is 4.99 Å². The van der Waals surface area contributed by atoms with Crippen LogP contribution in [0, 0.1) is 19.7 Å². The Morgan fingerprint density at radius 3 is 2.40 bits per heavy atom. The Balaban J connectivity index is 2.08. The highest BCUT2D eigenvalue weighted by molar-refractivity contribution is 7.80. The number of hydrogen-bond donors (Lipinski definition) is 3. The lowest BCUT2D eigenvalue weighted by atomic mass is 10.1. The van der Waals surface area contributed by atoms with Gasteiger partial charge in [0.05, 0.1) is 0 Å². The number of hydrogen-bond acceptors (Lipinski definition) is 4. The van der Waals surface area contributed by atoms with E-state index in [4.69, 9.17) is 12.2 Å². The number of aromatic nitrogens is 2. The maximum atomic E-state index is 12.9. The third kappa shape index (κ3) is 6.42. The first-order valence-electron chi connectivity index (χ1n) is 7.83. The van der Waals surface area contributed by atoms with Crippen LogP contribution in [0.15, 0.2) is 35.3 Å². The Labute approximate surface area is 152 Å². The van der Waals surface area contributed by atoms with Gasteiger partial charge in [0.1, 0.15) is 5.82 Å². The number of halogens is 1. The Bertz CT molecular complexity index is 740. The third-order valence-corrected chi connectivity index (χ3v) is 3.56. The van der Waals surface area contributed by atoms with Crippen LogP contribution in [-0.4, -0.2) is 34.6 Å². The normalized spacial score (nSPS) is 11.1. The largest absolute Gasteiger partial charge is 0.365 e. The van der Waals surface area contributed by atoms with E-state index < -0.39 is 0 Å². The summed E-state index contributed by atoms with van der Waals surface area (Å²) >= 11 is 5.13. The van der Waals surface area contributed by atoms with Gasteiger partial charge in [-0.3, -0.25) is 10.3 Å². The molecule has 0 radical (unpaired) electrons. The molecule has 0 spiro atoms. The molecule has 6 nitrogen and oxygen atoms in total. The molecule has 0 saturated heterocycles. The van der Waals surface area contributed by atoms with Gasteiger partial charge < -0.3 is 10.6 Å². The number of nitrogens with zero attached hydrogens (tertiary/aromatic N) is 3. The summed E-state index contributed by atoms with van der Waals surface area (Å²) in [5.41, 5.74) is 2.72. The summed E-state index contributed by atoms with van der Waals surface area (Å²) in [6.45, 7) is 4.30. The second-order valence-electron chi connectivity index (χ2n) is 5.41. The Morgan fingerprint density at radius 2 is 1.80 bits per heavy atom. The monoisotopic (exact) mass is 360 g/mol. The molecule has 2 rings (SSSR count). The van der Waals surface area contributed by atoms with Crippen LogP contribution in [0.2, 0.25) is 0 Å². The summed E-state index contributed by atoms with van der Waals surface area (Å²) in [5.74, 6) is 0.651. The summed E-state index contributed by atoms with van der Waals surface area (Å²) in [6.07, 6.45) is 0.674. The van der Waals surface area contributed by atoms with Crippen LogP contribution in [0.1, 0.15) is 17.0 Å². The molecule has 0 fully saturated rings. The van der Waals surface area contributed by atoms with E-state index in [-0.39, 0.29) is 5.82 Å². The van der Waals surface area contributed by atoms with Crippen molar-refractivity contribution in [3.63, 3.8) is 0 Å². The van der Waals surface area contributed by atoms with Gasteiger partial charge in [-0.1, -0.05) is 12.1 Å². The first-order chi connectivity index (χ1) is 12.0. The Hall–Kier alpha value is -2.61. The van der Waals surface area contributed by atoms with Crippen molar-refractivity contribution in [1.29, 1.82) is 0 Å². The molecule has 0 saturated carbocycles. The molecular weight excluding hydrogens is 339 g/mol. The Morgan fingerprint density at radius 1 is 1.16 bits per heavy atom. The summed E-state index contributed by atoms with van der Waals surface area (Å²) in [6, 6.07) is 8.27. The van der Waals surface area contributed by atoms with Crippen LogP contribution in [0.25, 0.3) is 0 Å². The zero-order valence-corrected chi connectivity index (χ0v) is 15.2. The molecule has 0 aliphatic carbocycles. The highest BCUT2D eigenvalue weighted by Gasteiger charge is 2.06. The first kappa shape index (κ1) is 18.7. The number of nitrogens with one attached hydrogen (secondary N) is 3.